The van der Waals surface area contributed by atoms with Crippen molar-refractivity contribution in [2.24, 2.45) is 0 Å². The van der Waals surface area contributed by atoms with Crippen molar-refractivity contribution in [3.63, 3.8) is 0 Å². The van der Waals surface area contributed by atoms with Crippen molar-refractivity contribution in [1.82, 2.24) is 0 Å². The summed E-state index contributed by atoms with van der Waals surface area (Å²) in [5.41, 5.74) is 0. The van der Waals surface area contributed by atoms with E-state index in [1.165, 1.54) is 0 Å². The topological polar surface area (TPSA) is 219 Å². The monoisotopic (exact) mass is 388 g/mol. The summed E-state index contributed by atoms with van der Waals surface area (Å²) < 4.78 is 22.2. The Hall–Kier alpha value is 6.69. The maximum atomic E-state index is 9.63. The molecule has 16 heavy (non-hydrogen) atoms. The molecule has 0 bridgehead atoms. The zero-order chi connectivity index (χ0) is 7.71. The first-order chi connectivity index (χ1) is 3.71. The van der Waals surface area contributed by atoms with Crippen LogP contribution < -0.4 is 0 Å². The van der Waals surface area contributed by atoms with Gasteiger partial charge in [0.15, 0.2) is 0 Å². The Balaban J connectivity index is -0.0000000152. The van der Waals surface area contributed by atoms with E-state index in [-0.39, 0.29) is 222 Å². The van der Waals surface area contributed by atoms with Crippen molar-refractivity contribution < 1.29 is 49.4 Å². The second kappa shape index (κ2) is 23.9. The van der Waals surface area contributed by atoms with Gasteiger partial charge in [0.1, 0.15) is 0 Å². The van der Waals surface area contributed by atoms with E-state index in [0.717, 1.165) is 0 Å². The molecule has 0 aliphatic rings. The molecule has 0 saturated heterocycles. The molecule has 10 N–H and O–H groups in total. The summed E-state index contributed by atoms with van der Waals surface area (Å²) in [6.45, 7) is 0. The van der Waals surface area contributed by atoms with Gasteiger partial charge in [-0.05, 0) is 0 Å². The van der Waals surface area contributed by atoms with Gasteiger partial charge in [-0.3, -0.25) is 0 Å². The Kier molecular flexibility index (Phi) is 74.0. The molecule has 10 nitrogen and oxygen atoms in total. The van der Waals surface area contributed by atoms with Crippen LogP contribution in [0, 0.1) is 0 Å². The fourth-order valence-electron chi connectivity index (χ4n) is 0.139. The summed E-state index contributed by atoms with van der Waals surface area (Å²) in [6, 6.07) is 0. The molecule has 16 heteroatoms. The van der Waals surface area contributed by atoms with E-state index in [1.54, 1.807) is 0 Å². The predicted molar refractivity (Wildman–Crippen MR) is 59.0 cm³/mol. The Morgan fingerprint density at radius 2 is 0.750 bits per heavy atom. The van der Waals surface area contributed by atoms with Crippen molar-refractivity contribution in [2.75, 3.05) is 0 Å². The zero-order valence-electron chi connectivity index (χ0n) is 9.41. The molecule has 0 unspecified atom stereocenters. The van der Waals surface area contributed by atoms with Gasteiger partial charge in [0.25, 0.3) is 0 Å². The molecule has 0 aliphatic heterocycles. The Morgan fingerprint density at radius 1 is 0.625 bits per heavy atom. The Labute approximate surface area is 262 Å². The van der Waals surface area contributed by atoms with Crippen molar-refractivity contribution in [3.8, 4) is 0 Å². The first kappa shape index (κ1) is 49.5. The van der Waals surface area contributed by atoms with Gasteiger partial charge in [0.2, 0.25) is 0 Å². The number of rotatable bonds is 2. The van der Waals surface area contributed by atoms with Crippen LogP contribution in [0.25, 0.3) is 0 Å². The molecular formula is H10K4O10P2. The average Bonchev–Trinajstić information content (AvgIpc) is 1.14. The van der Waals surface area contributed by atoms with E-state index in [2.05, 4.69) is 4.31 Å². The van der Waals surface area contributed by atoms with E-state index in [4.69, 9.17) is 19.6 Å². The van der Waals surface area contributed by atoms with Crippen LogP contribution in [0.3, 0.4) is 0 Å². The quantitative estimate of drug-likeness (QED) is 0.267. The predicted octanol–water partition coefficient (Wildman–Crippen LogP) is -4.81. The van der Waals surface area contributed by atoms with Crippen molar-refractivity contribution in [2.45, 2.75) is 0 Å². The molecule has 0 aromatic rings. The van der Waals surface area contributed by atoms with Crippen LogP contribution in [0.15, 0.2) is 0 Å². The van der Waals surface area contributed by atoms with Gasteiger partial charge >= 0.3 is 15.6 Å². The summed E-state index contributed by atoms with van der Waals surface area (Å²) in [6.07, 6.45) is 0. The molecule has 0 aromatic carbocycles. The number of hydrogen-bond donors (Lipinski definition) is 4. The molecule has 0 heterocycles. The first-order valence-corrected chi connectivity index (χ1v) is 4.59. The van der Waals surface area contributed by atoms with Crippen molar-refractivity contribution >= 4 is 221 Å². The largest absolute Gasteiger partial charge is 0.478 e. The molecule has 84 valence electrons. The minimum Gasteiger partial charge on any atom is -0.412 e. The van der Waals surface area contributed by atoms with Crippen LogP contribution in [0.5, 0.6) is 0 Å². The first-order valence-electron chi connectivity index (χ1n) is 1.53. The summed E-state index contributed by atoms with van der Waals surface area (Å²) in [4.78, 5) is 31.0. The third-order valence-electron chi connectivity index (χ3n) is 0.213. The van der Waals surface area contributed by atoms with E-state index in [9.17, 15) is 9.13 Å². The van der Waals surface area contributed by atoms with Gasteiger partial charge in [-0.15, -0.1) is 0 Å². The molecule has 0 atom stereocenters. The van der Waals surface area contributed by atoms with Gasteiger partial charge in [-0.2, -0.15) is 4.31 Å². The fourth-order valence-corrected chi connectivity index (χ4v) is 1.25. The Morgan fingerprint density at radius 3 is 0.750 bits per heavy atom. The maximum Gasteiger partial charge on any atom is 0.478 e. The molecule has 0 rings (SSSR count). The average molecular weight is 388 g/mol. The molecule has 0 aliphatic carbocycles. The second-order valence-corrected chi connectivity index (χ2v) is 3.68. The summed E-state index contributed by atoms with van der Waals surface area (Å²) in [5.74, 6) is 0. The Bertz CT molecular complexity index is 161. The molecule has 0 amide bonds. The summed E-state index contributed by atoms with van der Waals surface area (Å²) in [7, 11) is -10.1. The SMILES string of the molecule is O.O.O.O=P(O)(O)OP(=O)(O)O.[K].[K].[K].[K]. The van der Waals surface area contributed by atoms with Crippen LogP contribution in [0.2, 0.25) is 0 Å². The second-order valence-electron chi connectivity index (χ2n) is 1.06. The van der Waals surface area contributed by atoms with Gasteiger partial charge in [-0.25, -0.2) is 9.13 Å². The molecular weight excluding hydrogens is 378 g/mol. The van der Waals surface area contributed by atoms with Crippen LogP contribution in [0.4, 0.5) is 0 Å². The smallest absolute Gasteiger partial charge is 0.412 e. The van der Waals surface area contributed by atoms with Crippen LogP contribution in [-0.2, 0) is 13.4 Å². The minimum absolute atomic E-state index is 0. The third-order valence-corrected chi connectivity index (χ3v) is 1.91. The van der Waals surface area contributed by atoms with E-state index in [1.807, 2.05) is 0 Å². The van der Waals surface area contributed by atoms with Gasteiger partial charge in [0.05, 0.1) is 0 Å². The molecule has 0 saturated carbocycles. The van der Waals surface area contributed by atoms with Crippen LogP contribution in [-0.4, -0.2) is 242 Å². The van der Waals surface area contributed by atoms with Crippen molar-refractivity contribution in [3.05, 3.63) is 0 Å². The number of phosphoric acid groups is 2. The van der Waals surface area contributed by atoms with E-state index < -0.39 is 15.6 Å². The summed E-state index contributed by atoms with van der Waals surface area (Å²) >= 11 is 0. The standard InChI is InChI=1S/4K.H4O7P2.3H2O/c;;;;1-8(2,3)7-9(4,5)6;;;/h;;;;(H2,1,2,3)(H2,4,5,6);3*1H2. The zero-order valence-corrected chi connectivity index (χ0v) is 23.7. The van der Waals surface area contributed by atoms with Gasteiger partial charge in [0, 0.05) is 206 Å². The number of hydrogen-bond acceptors (Lipinski definition) is 3. The fraction of sp³-hybridized carbons (Fsp3) is 0. The molecule has 0 aromatic heterocycles. The van der Waals surface area contributed by atoms with Crippen LogP contribution in [0.1, 0.15) is 0 Å². The molecule has 0 spiro atoms. The maximum absolute atomic E-state index is 9.63. The van der Waals surface area contributed by atoms with E-state index >= 15 is 0 Å². The molecule has 0 fully saturated rings. The van der Waals surface area contributed by atoms with Crippen LogP contribution >= 0.6 is 15.6 Å². The third kappa shape index (κ3) is 49.8. The van der Waals surface area contributed by atoms with Crippen molar-refractivity contribution in [1.29, 1.82) is 0 Å². The van der Waals surface area contributed by atoms with Gasteiger partial charge in [-0.1, -0.05) is 0 Å². The normalized spacial score (nSPS) is 7.75. The van der Waals surface area contributed by atoms with Gasteiger partial charge < -0.3 is 36.0 Å². The molecule has 4 radical (unpaired) electrons. The summed E-state index contributed by atoms with van der Waals surface area (Å²) in [5, 5.41) is 0. The van der Waals surface area contributed by atoms with E-state index in [0.29, 0.717) is 0 Å². The minimum atomic E-state index is -5.05.